The number of aromatic nitrogens is 2. The summed E-state index contributed by atoms with van der Waals surface area (Å²) in [6.45, 7) is -0.218. The topological polar surface area (TPSA) is 95.2 Å². The Balaban J connectivity index is 2.50. The Labute approximate surface area is 87.5 Å². The van der Waals surface area contributed by atoms with E-state index < -0.39 is 15.9 Å². The molecule has 15 heavy (non-hydrogen) atoms. The maximum atomic E-state index is 11.3. The van der Waals surface area contributed by atoms with Crippen LogP contribution >= 0.6 is 0 Å². The van der Waals surface area contributed by atoms with Crippen molar-refractivity contribution in [2.75, 3.05) is 25.2 Å². The first kappa shape index (κ1) is 11.7. The highest BCUT2D eigenvalue weighted by Crippen LogP contribution is 2.01. The van der Waals surface area contributed by atoms with Crippen LogP contribution in [0.2, 0.25) is 0 Å². The molecule has 0 aliphatic heterocycles. The number of H-pyrrole nitrogens is 1. The van der Waals surface area contributed by atoms with Crippen molar-refractivity contribution in [2.45, 2.75) is 0 Å². The number of anilines is 1. The van der Waals surface area contributed by atoms with Gasteiger partial charge in [0.25, 0.3) is 0 Å². The molecule has 0 saturated heterocycles. The molecule has 1 heterocycles. The molecular weight excluding hydrogens is 220 g/mol. The van der Waals surface area contributed by atoms with Crippen LogP contribution in [-0.2, 0) is 14.8 Å². The van der Waals surface area contributed by atoms with Crippen molar-refractivity contribution in [2.24, 2.45) is 0 Å². The Morgan fingerprint density at radius 3 is 2.80 bits per heavy atom. The normalized spacial score (nSPS) is 11.7. The number of carbonyl (C=O) groups is 1. The molecule has 2 N–H and O–H groups in total. The number of rotatable bonds is 4. The van der Waals surface area contributed by atoms with Crippen LogP contribution in [0.4, 0.5) is 5.69 Å². The van der Waals surface area contributed by atoms with Gasteiger partial charge in [0.15, 0.2) is 0 Å². The SMILES string of the molecule is CN(CC(=O)Nc1cn[nH]c1)S(C)(=O)=O. The van der Waals surface area contributed by atoms with Crippen molar-refractivity contribution < 1.29 is 13.2 Å². The molecule has 0 fully saturated rings. The summed E-state index contributed by atoms with van der Waals surface area (Å²) in [4.78, 5) is 11.3. The van der Waals surface area contributed by atoms with Crippen molar-refractivity contribution in [3.8, 4) is 0 Å². The number of nitrogens with zero attached hydrogens (tertiary/aromatic N) is 2. The Morgan fingerprint density at radius 2 is 2.33 bits per heavy atom. The first-order valence-corrected chi connectivity index (χ1v) is 5.94. The lowest BCUT2D eigenvalue weighted by molar-refractivity contribution is -0.116. The second kappa shape index (κ2) is 4.41. The zero-order chi connectivity index (χ0) is 11.5. The zero-order valence-electron chi connectivity index (χ0n) is 8.39. The van der Waals surface area contributed by atoms with Crippen LogP contribution in [0.15, 0.2) is 12.4 Å². The second-order valence-electron chi connectivity index (χ2n) is 3.05. The number of carbonyl (C=O) groups excluding carboxylic acids is 1. The van der Waals surface area contributed by atoms with Crippen molar-refractivity contribution in [3.63, 3.8) is 0 Å². The average molecular weight is 232 g/mol. The van der Waals surface area contributed by atoms with E-state index in [0.717, 1.165) is 10.6 Å². The van der Waals surface area contributed by atoms with E-state index in [1.165, 1.54) is 19.4 Å². The predicted molar refractivity (Wildman–Crippen MR) is 54.7 cm³/mol. The molecule has 1 aromatic heterocycles. The zero-order valence-corrected chi connectivity index (χ0v) is 9.21. The summed E-state index contributed by atoms with van der Waals surface area (Å²) in [5, 5.41) is 8.64. The molecule has 84 valence electrons. The number of nitrogens with one attached hydrogen (secondary N) is 2. The summed E-state index contributed by atoms with van der Waals surface area (Å²) < 4.78 is 23.0. The maximum Gasteiger partial charge on any atom is 0.239 e. The van der Waals surface area contributed by atoms with Gasteiger partial charge in [0.2, 0.25) is 15.9 Å². The summed E-state index contributed by atoms with van der Waals surface area (Å²) in [5.74, 6) is -0.413. The Morgan fingerprint density at radius 1 is 1.67 bits per heavy atom. The van der Waals surface area contributed by atoms with Gasteiger partial charge in [0.05, 0.1) is 24.7 Å². The molecule has 0 saturated carbocycles. The lowest BCUT2D eigenvalue weighted by Gasteiger charge is -2.12. The maximum absolute atomic E-state index is 11.3. The molecule has 1 amide bonds. The molecule has 0 aliphatic carbocycles. The summed E-state index contributed by atoms with van der Waals surface area (Å²) in [5.41, 5.74) is 0.502. The van der Waals surface area contributed by atoms with Crippen LogP contribution in [0.3, 0.4) is 0 Å². The van der Waals surface area contributed by atoms with Gasteiger partial charge in [-0.25, -0.2) is 8.42 Å². The highest BCUT2D eigenvalue weighted by atomic mass is 32.2. The van der Waals surface area contributed by atoms with Gasteiger partial charge >= 0.3 is 0 Å². The van der Waals surface area contributed by atoms with Crippen LogP contribution in [0.25, 0.3) is 0 Å². The molecule has 7 nitrogen and oxygen atoms in total. The molecule has 0 radical (unpaired) electrons. The van der Waals surface area contributed by atoms with E-state index in [2.05, 4.69) is 15.5 Å². The summed E-state index contributed by atoms with van der Waals surface area (Å²) in [7, 11) is -1.99. The fraction of sp³-hybridized carbons (Fsp3) is 0.429. The predicted octanol–water partition coefficient (Wildman–Crippen LogP) is -0.760. The molecule has 0 spiro atoms. The van der Waals surface area contributed by atoms with Crippen molar-refractivity contribution in [3.05, 3.63) is 12.4 Å². The van der Waals surface area contributed by atoms with Crippen LogP contribution in [-0.4, -0.2) is 48.7 Å². The van der Waals surface area contributed by atoms with E-state index in [1.807, 2.05) is 0 Å². The standard InChI is InChI=1S/C7H12N4O3S/c1-11(15(2,13)14)5-7(12)10-6-3-8-9-4-6/h3-4H,5H2,1-2H3,(H,8,9)(H,10,12). The third kappa shape index (κ3) is 3.68. The molecule has 1 aromatic rings. The van der Waals surface area contributed by atoms with Crippen LogP contribution in [0.1, 0.15) is 0 Å². The minimum absolute atomic E-state index is 0.218. The third-order valence-corrected chi connectivity index (χ3v) is 2.98. The van der Waals surface area contributed by atoms with Gasteiger partial charge in [-0.1, -0.05) is 0 Å². The van der Waals surface area contributed by atoms with Gasteiger partial charge in [-0.05, 0) is 0 Å². The summed E-state index contributed by atoms with van der Waals surface area (Å²) in [6.07, 6.45) is 3.97. The van der Waals surface area contributed by atoms with Crippen molar-refractivity contribution in [1.82, 2.24) is 14.5 Å². The van der Waals surface area contributed by atoms with Crippen molar-refractivity contribution >= 4 is 21.6 Å². The van der Waals surface area contributed by atoms with Gasteiger partial charge in [0, 0.05) is 13.2 Å². The average Bonchev–Trinajstić information content (AvgIpc) is 2.54. The molecule has 0 atom stereocenters. The van der Waals surface area contributed by atoms with Crippen LogP contribution < -0.4 is 5.32 Å². The number of likely N-dealkylation sites (N-methyl/N-ethyl adjacent to an activating group) is 1. The van der Waals surface area contributed by atoms with Gasteiger partial charge in [0.1, 0.15) is 0 Å². The second-order valence-corrected chi connectivity index (χ2v) is 5.14. The quantitative estimate of drug-likeness (QED) is 0.713. The van der Waals surface area contributed by atoms with E-state index in [4.69, 9.17) is 0 Å². The Kier molecular flexibility index (Phi) is 3.43. The molecule has 1 rings (SSSR count). The van der Waals surface area contributed by atoms with E-state index in [9.17, 15) is 13.2 Å². The van der Waals surface area contributed by atoms with E-state index in [0.29, 0.717) is 5.69 Å². The largest absolute Gasteiger partial charge is 0.322 e. The molecule has 8 heteroatoms. The first-order chi connectivity index (χ1) is 6.89. The molecule has 0 bridgehead atoms. The first-order valence-electron chi connectivity index (χ1n) is 4.09. The fourth-order valence-corrected chi connectivity index (χ4v) is 1.19. The Hall–Kier alpha value is -1.41. The summed E-state index contributed by atoms with van der Waals surface area (Å²) >= 11 is 0. The van der Waals surface area contributed by atoms with Gasteiger partial charge in [-0.15, -0.1) is 0 Å². The van der Waals surface area contributed by atoms with E-state index in [-0.39, 0.29) is 6.54 Å². The highest BCUT2D eigenvalue weighted by Gasteiger charge is 2.15. The smallest absolute Gasteiger partial charge is 0.239 e. The summed E-state index contributed by atoms with van der Waals surface area (Å²) in [6, 6.07) is 0. The minimum atomic E-state index is -3.33. The minimum Gasteiger partial charge on any atom is -0.322 e. The van der Waals surface area contributed by atoms with Gasteiger partial charge < -0.3 is 5.32 Å². The van der Waals surface area contributed by atoms with Crippen molar-refractivity contribution in [1.29, 1.82) is 0 Å². The van der Waals surface area contributed by atoms with E-state index in [1.54, 1.807) is 0 Å². The number of amides is 1. The molecular formula is C7H12N4O3S. The molecule has 0 aromatic carbocycles. The number of sulfonamides is 1. The lowest BCUT2D eigenvalue weighted by Crippen LogP contribution is -2.34. The molecule has 0 aliphatic rings. The highest BCUT2D eigenvalue weighted by molar-refractivity contribution is 7.88. The lowest BCUT2D eigenvalue weighted by atomic mass is 10.5. The number of hydrogen-bond acceptors (Lipinski definition) is 4. The Bertz CT molecular complexity index is 425. The fourth-order valence-electron chi connectivity index (χ4n) is 0.839. The monoisotopic (exact) mass is 232 g/mol. The van der Waals surface area contributed by atoms with Gasteiger partial charge in [-0.3, -0.25) is 9.89 Å². The third-order valence-electron chi connectivity index (χ3n) is 1.71. The van der Waals surface area contributed by atoms with Crippen LogP contribution in [0, 0.1) is 0 Å². The van der Waals surface area contributed by atoms with Crippen LogP contribution in [0.5, 0.6) is 0 Å². The number of aromatic amines is 1. The van der Waals surface area contributed by atoms with E-state index >= 15 is 0 Å². The molecule has 0 unspecified atom stereocenters. The van der Waals surface area contributed by atoms with Gasteiger partial charge in [-0.2, -0.15) is 9.40 Å². The number of hydrogen-bond donors (Lipinski definition) is 2.